The highest BCUT2D eigenvalue weighted by molar-refractivity contribution is 8.20. The lowest BCUT2D eigenvalue weighted by molar-refractivity contribution is -0.118. The van der Waals surface area contributed by atoms with Crippen LogP contribution in [-0.4, -0.2) is 39.1 Å². The monoisotopic (exact) mass is 496 g/mol. The average Bonchev–Trinajstić information content (AvgIpc) is 2.73. The predicted octanol–water partition coefficient (Wildman–Crippen LogP) is 5.25. The van der Waals surface area contributed by atoms with Crippen LogP contribution in [0.15, 0.2) is 87.5 Å². The first kappa shape index (κ1) is 23.7. The standard InChI is InChI=1S/C23H22Cl2O4S2/c1-30(27)21-9-7-20(8-10-21)29-15-19(26)16-31(2,28,22-11-3-17(24)4-12-22)23-13-5-18(25)6-14-23/h3-14H,15-16H2,1-2H3. The van der Waals surface area contributed by atoms with Crippen molar-refractivity contribution < 1.29 is 17.9 Å². The van der Waals surface area contributed by atoms with Gasteiger partial charge < -0.3 is 4.74 Å². The zero-order valence-corrected chi connectivity index (χ0v) is 20.2. The Labute approximate surface area is 194 Å². The van der Waals surface area contributed by atoms with Crippen LogP contribution in [0.4, 0.5) is 0 Å². The van der Waals surface area contributed by atoms with Crippen molar-refractivity contribution in [3.8, 4) is 5.75 Å². The molecule has 0 N–H and O–H groups in total. The quantitative estimate of drug-likeness (QED) is 0.427. The first-order valence-electron chi connectivity index (χ1n) is 9.30. The first-order valence-corrected chi connectivity index (χ1v) is 14.2. The van der Waals surface area contributed by atoms with Gasteiger partial charge >= 0.3 is 0 Å². The number of rotatable bonds is 8. The summed E-state index contributed by atoms with van der Waals surface area (Å²) < 4.78 is 31.6. The van der Waals surface area contributed by atoms with E-state index in [1.165, 1.54) is 0 Å². The van der Waals surface area contributed by atoms with Crippen molar-refractivity contribution in [3.05, 3.63) is 82.8 Å². The number of carbonyl (C=O) groups excluding carboxylic acids is 1. The number of hydrogen-bond donors (Lipinski definition) is 0. The van der Waals surface area contributed by atoms with E-state index in [0.717, 1.165) is 0 Å². The summed E-state index contributed by atoms with van der Waals surface area (Å²) in [6.07, 6.45) is 3.19. The number of halogens is 2. The Kier molecular flexibility index (Phi) is 7.06. The minimum absolute atomic E-state index is 0.225. The van der Waals surface area contributed by atoms with E-state index >= 15 is 0 Å². The second-order valence-corrected chi connectivity index (χ2v) is 13.9. The molecule has 0 heterocycles. The Morgan fingerprint density at radius 2 is 1.32 bits per heavy atom. The smallest absolute Gasteiger partial charge is 0.181 e. The lowest BCUT2D eigenvalue weighted by Crippen LogP contribution is -2.40. The molecular weight excluding hydrogens is 475 g/mol. The first-order chi connectivity index (χ1) is 14.6. The molecule has 0 aliphatic heterocycles. The summed E-state index contributed by atoms with van der Waals surface area (Å²) >= 11 is 12.0. The van der Waals surface area contributed by atoms with Gasteiger partial charge in [0.25, 0.3) is 0 Å². The molecule has 0 aliphatic rings. The van der Waals surface area contributed by atoms with Gasteiger partial charge in [0.2, 0.25) is 0 Å². The number of benzene rings is 3. The van der Waals surface area contributed by atoms with Gasteiger partial charge in [0, 0.05) is 48.0 Å². The van der Waals surface area contributed by atoms with E-state index in [1.54, 1.807) is 85.3 Å². The molecule has 31 heavy (non-hydrogen) atoms. The van der Waals surface area contributed by atoms with Crippen LogP contribution in [0.1, 0.15) is 0 Å². The van der Waals surface area contributed by atoms with Gasteiger partial charge in [-0.15, -0.1) is 0 Å². The fourth-order valence-electron chi connectivity index (χ4n) is 3.20. The minimum Gasteiger partial charge on any atom is -0.486 e. The molecule has 3 rings (SSSR count). The molecule has 1 atom stereocenters. The summed E-state index contributed by atoms with van der Waals surface area (Å²) in [6.45, 7) is -0.238. The molecule has 0 amide bonds. The summed E-state index contributed by atoms with van der Waals surface area (Å²) in [5.74, 6) is -0.0647. The molecule has 0 spiro atoms. The Bertz CT molecular complexity index is 1120. The molecule has 0 fully saturated rings. The molecule has 0 radical (unpaired) electrons. The van der Waals surface area contributed by atoms with Crippen LogP contribution in [0.3, 0.4) is 0 Å². The second-order valence-electron chi connectivity index (χ2n) is 7.34. The summed E-state index contributed by atoms with van der Waals surface area (Å²) in [5, 5.41) is 1.03. The molecule has 0 aliphatic carbocycles. The Morgan fingerprint density at radius 1 is 0.871 bits per heavy atom. The molecule has 164 valence electrons. The van der Waals surface area contributed by atoms with E-state index in [4.69, 9.17) is 27.9 Å². The van der Waals surface area contributed by atoms with Crippen LogP contribution >= 0.6 is 23.2 Å². The van der Waals surface area contributed by atoms with Gasteiger partial charge in [0.1, 0.15) is 12.4 Å². The maximum atomic E-state index is 14.6. The summed E-state index contributed by atoms with van der Waals surface area (Å²) in [4.78, 5) is 14.6. The molecular formula is C23H22Cl2O4S2. The van der Waals surface area contributed by atoms with Crippen LogP contribution in [0, 0.1) is 0 Å². The molecule has 0 bridgehead atoms. The van der Waals surface area contributed by atoms with Gasteiger partial charge in [-0.05, 0) is 81.9 Å². The van der Waals surface area contributed by atoms with Crippen molar-refractivity contribution in [2.45, 2.75) is 14.7 Å². The zero-order chi connectivity index (χ0) is 22.7. The van der Waals surface area contributed by atoms with Gasteiger partial charge in [-0.25, -0.2) is 0 Å². The second kappa shape index (κ2) is 9.25. The van der Waals surface area contributed by atoms with E-state index < -0.39 is 19.9 Å². The van der Waals surface area contributed by atoms with E-state index in [9.17, 15) is 13.2 Å². The maximum Gasteiger partial charge on any atom is 0.181 e. The molecule has 3 aromatic carbocycles. The highest BCUT2D eigenvalue weighted by atomic mass is 35.5. The number of hydrogen-bond acceptors (Lipinski definition) is 4. The van der Waals surface area contributed by atoms with E-state index in [1.807, 2.05) is 0 Å². The molecule has 1 unspecified atom stereocenters. The van der Waals surface area contributed by atoms with Gasteiger partial charge in [-0.2, -0.15) is 0 Å². The topological polar surface area (TPSA) is 60.4 Å². The summed E-state index contributed by atoms with van der Waals surface area (Å²) in [5.41, 5.74) is 0. The van der Waals surface area contributed by atoms with Crippen LogP contribution in [-0.2, 0) is 24.7 Å². The van der Waals surface area contributed by atoms with E-state index in [-0.39, 0.29) is 18.1 Å². The molecule has 0 aromatic heterocycles. The van der Waals surface area contributed by atoms with Crippen LogP contribution in [0.2, 0.25) is 10.0 Å². The Balaban J connectivity index is 1.87. The fraction of sp³-hybridized carbons (Fsp3) is 0.174. The van der Waals surface area contributed by atoms with E-state index in [0.29, 0.717) is 30.5 Å². The van der Waals surface area contributed by atoms with E-state index in [2.05, 4.69) is 0 Å². The van der Waals surface area contributed by atoms with Crippen molar-refractivity contribution in [1.82, 2.24) is 0 Å². The van der Waals surface area contributed by atoms with Crippen molar-refractivity contribution in [1.29, 1.82) is 0 Å². The lowest BCUT2D eigenvalue weighted by Gasteiger charge is -2.39. The average molecular weight is 497 g/mol. The van der Waals surface area contributed by atoms with Crippen molar-refractivity contribution in [2.75, 3.05) is 24.9 Å². The third kappa shape index (κ3) is 5.44. The van der Waals surface area contributed by atoms with Crippen molar-refractivity contribution in [2.24, 2.45) is 0 Å². The van der Waals surface area contributed by atoms with Crippen LogP contribution in [0.5, 0.6) is 5.75 Å². The number of ether oxygens (including phenoxy) is 1. The molecule has 0 saturated heterocycles. The largest absolute Gasteiger partial charge is 0.486 e. The van der Waals surface area contributed by atoms with Gasteiger partial charge in [0.15, 0.2) is 5.78 Å². The maximum absolute atomic E-state index is 14.6. The normalized spacial score (nSPS) is 13.7. The SMILES string of the molecule is CS(=O)c1ccc(OCC(=O)CS(C)(=O)(c2ccc(Cl)cc2)c2ccc(Cl)cc2)cc1. The number of Topliss-reactive ketones (excluding diaryl/α,β-unsaturated/α-hetero) is 1. The Hall–Kier alpha value is -1.99. The fourth-order valence-corrected chi connectivity index (χ4v) is 7.14. The zero-order valence-electron chi connectivity index (χ0n) is 17.0. The highest BCUT2D eigenvalue weighted by Crippen LogP contribution is 2.42. The minimum atomic E-state index is -3.80. The molecule has 3 aromatic rings. The van der Waals surface area contributed by atoms with Gasteiger partial charge in [0.05, 0.1) is 5.75 Å². The van der Waals surface area contributed by atoms with Crippen molar-refractivity contribution >= 4 is 48.9 Å². The summed E-state index contributed by atoms with van der Waals surface area (Å²) in [6, 6.07) is 20.0. The third-order valence-electron chi connectivity index (χ3n) is 4.92. The highest BCUT2D eigenvalue weighted by Gasteiger charge is 2.38. The van der Waals surface area contributed by atoms with Gasteiger partial charge in [-0.1, -0.05) is 23.2 Å². The van der Waals surface area contributed by atoms with Crippen molar-refractivity contribution in [3.63, 3.8) is 0 Å². The molecule has 8 heteroatoms. The summed E-state index contributed by atoms with van der Waals surface area (Å²) in [7, 11) is -4.89. The van der Waals surface area contributed by atoms with Crippen LogP contribution in [0.25, 0.3) is 0 Å². The third-order valence-corrected chi connectivity index (χ3v) is 10.4. The number of carbonyl (C=O) groups is 1. The molecule has 0 saturated carbocycles. The van der Waals surface area contributed by atoms with Crippen LogP contribution < -0.4 is 4.74 Å². The molecule has 4 nitrogen and oxygen atoms in total. The van der Waals surface area contributed by atoms with Gasteiger partial charge in [-0.3, -0.25) is 13.2 Å². The lowest BCUT2D eigenvalue weighted by atomic mass is 10.3. The Morgan fingerprint density at radius 3 is 1.74 bits per heavy atom. The predicted molar refractivity (Wildman–Crippen MR) is 128 cm³/mol. The number of ketones is 1.